The number of nitrogens with one attached hydrogen (secondary N) is 1. The van der Waals surface area contributed by atoms with Crippen LogP contribution in [0.3, 0.4) is 0 Å². The van der Waals surface area contributed by atoms with Gasteiger partial charge in [-0.05, 0) is 42.2 Å². The molecule has 0 bridgehead atoms. The number of rotatable bonds is 7. The highest BCUT2D eigenvalue weighted by Gasteiger charge is 2.41. The van der Waals surface area contributed by atoms with Gasteiger partial charge < -0.3 is 10.4 Å². The zero-order chi connectivity index (χ0) is 12.1. The molecule has 2 rings (SSSR count). The van der Waals surface area contributed by atoms with Crippen LogP contribution in [0.5, 0.6) is 0 Å². The Labute approximate surface area is 104 Å². The summed E-state index contributed by atoms with van der Waals surface area (Å²) in [6, 6.07) is 8.63. The van der Waals surface area contributed by atoms with Crippen LogP contribution in [0.4, 0.5) is 0 Å². The van der Waals surface area contributed by atoms with Crippen molar-refractivity contribution in [1.29, 1.82) is 0 Å². The van der Waals surface area contributed by atoms with Crippen LogP contribution in [-0.4, -0.2) is 18.3 Å². The molecular formula is C15H23NO. The van der Waals surface area contributed by atoms with Gasteiger partial charge in [-0.2, -0.15) is 0 Å². The van der Waals surface area contributed by atoms with Crippen LogP contribution in [0.15, 0.2) is 24.3 Å². The second kappa shape index (κ2) is 5.65. The minimum Gasteiger partial charge on any atom is -0.396 e. The minimum atomic E-state index is 0.327. The van der Waals surface area contributed by atoms with E-state index in [4.69, 9.17) is 5.11 Å². The summed E-state index contributed by atoms with van der Waals surface area (Å²) in [5, 5.41) is 12.6. The fourth-order valence-corrected chi connectivity index (χ4v) is 2.47. The van der Waals surface area contributed by atoms with E-state index in [0.29, 0.717) is 12.0 Å². The first-order chi connectivity index (χ1) is 8.29. The fraction of sp³-hybridized carbons (Fsp3) is 0.600. The van der Waals surface area contributed by atoms with E-state index in [2.05, 4.69) is 36.5 Å². The van der Waals surface area contributed by atoms with Crippen LogP contribution in [0.25, 0.3) is 0 Å². The topological polar surface area (TPSA) is 32.3 Å². The zero-order valence-corrected chi connectivity index (χ0v) is 10.7. The van der Waals surface area contributed by atoms with Crippen LogP contribution in [-0.2, 0) is 13.0 Å². The van der Waals surface area contributed by atoms with E-state index in [1.807, 2.05) is 0 Å². The molecule has 17 heavy (non-hydrogen) atoms. The molecule has 0 amide bonds. The van der Waals surface area contributed by atoms with Gasteiger partial charge in [0.1, 0.15) is 0 Å². The molecule has 1 aromatic carbocycles. The van der Waals surface area contributed by atoms with Gasteiger partial charge in [-0.15, -0.1) is 0 Å². The lowest BCUT2D eigenvalue weighted by Gasteiger charge is -2.15. The second-order valence-electron chi connectivity index (χ2n) is 5.20. The van der Waals surface area contributed by atoms with Crippen molar-refractivity contribution in [2.75, 3.05) is 13.2 Å². The predicted molar refractivity (Wildman–Crippen MR) is 70.9 cm³/mol. The molecule has 2 heteroatoms. The van der Waals surface area contributed by atoms with E-state index in [1.54, 1.807) is 0 Å². The summed E-state index contributed by atoms with van der Waals surface area (Å²) in [7, 11) is 0. The van der Waals surface area contributed by atoms with E-state index < -0.39 is 0 Å². The lowest BCUT2D eigenvalue weighted by atomic mass is 10.0. The molecule has 0 radical (unpaired) electrons. The third-order valence-corrected chi connectivity index (χ3v) is 3.91. The van der Waals surface area contributed by atoms with Crippen molar-refractivity contribution in [2.45, 2.75) is 39.2 Å². The molecule has 0 saturated heterocycles. The standard InChI is InChI=1S/C15H23NO/c1-2-13-5-3-4-6-14(13)11-16-12-15(7-8-15)9-10-17/h3-6,16-17H,2,7-12H2,1H3. The number of hydrogen-bond acceptors (Lipinski definition) is 2. The summed E-state index contributed by atoms with van der Waals surface area (Å²) < 4.78 is 0. The monoisotopic (exact) mass is 233 g/mol. The van der Waals surface area contributed by atoms with Gasteiger partial charge in [-0.25, -0.2) is 0 Å². The van der Waals surface area contributed by atoms with Gasteiger partial charge in [-0.1, -0.05) is 31.2 Å². The lowest BCUT2D eigenvalue weighted by molar-refractivity contribution is 0.245. The molecule has 0 unspecified atom stereocenters. The van der Waals surface area contributed by atoms with E-state index in [0.717, 1.165) is 25.9 Å². The maximum Gasteiger partial charge on any atom is 0.0436 e. The molecule has 1 aliphatic rings. The number of hydrogen-bond donors (Lipinski definition) is 2. The van der Waals surface area contributed by atoms with Gasteiger partial charge in [-0.3, -0.25) is 0 Å². The van der Waals surface area contributed by atoms with Crippen molar-refractivity contribution < 1.29 is 5.11 Å². The Morgan fingerprint density at radius 3 is 2.53 bits per heavy atom. The fourth-order valence-electron chi connectivity index (χ4n) is 2.47. The summed E-state index contributed by atoms with van der Waals surface area (Å²) in [4.78, 5) is 0. The Morgan fingerprint density at radius 1 is 1.24 bits per heavy atom. The highest BCUT2D eigenvalue weighted by atomic mass is 16.3. The van der Waals surface area contributed by atoms with Crippen molar-refractivity contribution in [3.8, 4) is 0 Å². The molecule has 0 spiro atoms. The van der Waals surface area contributed by atoms with Crippen LogP contribution >= 0.6 is 0 Å². The van der Waals surface area contributed by atoms with Crippen molar-refractivity contribution in [1.82, 2.24) is 5.32 Å². The molecule has 1 aliphatic carbocycles. The van der Waals surface area contributed by atoms with E-state index in [1.165, 1.54) is 24.0 Å². The molecule has 0 atom stereocenters. The van der Waals surface area contributed by atoms with Crippen LogP contribution in [0, 0.1) is 5.41 Å². The van der Waals surface area contributed by atoms with Gasteiger partial charge >= 0.3 is 0 Å². The molecule has 1 saturated carbocycles. The van der Waals surface area contributed by atoms with Crippen LogP contribution in [0.1, 0.15) is 37.3 Å². The number of aliphatic hydroxyl groups is 1. The van der Waals surface area contributed by atoms with Gasteiger partial charge in [0.15, 0.2) is 0 Å². The average molecular weight is 233 g/mol. The van der Waals surface area contributed by atoms with Crippen LogP contribution in [0.2, 0.25) is 0 Å². The van der Waals surface area contributed by atoms with Gasteiger partial charge in [0.2, 0.25) is 0 Å². The first kappa shape index (κ1) is 12.6. The van der Waals surface area contributed by atoms with Gasteiger partial charge in [0.05, 0.1) is 0 Å². The smallest absolute Gasteiger partial charge is 0.0436 e. The predicted octanol–water partition coefficient (Wildman–Crippen LogP) is 2.50. The third-order valence-electron chi connectivity index (χ3n) is 3.91. The Kier molecular flexibility index (Phi) is 4.19. The largest absolute Gasteiger partial charge is 0.396 e. The van der Waals surface area contributed by atoms with Crippen molar-refractivity contribution in [3.05, 3.63) is 35.4 Å². The summed E-state index contributed by atoms with van der Waals surface area (Å²) in [6.45, 7) is 4.53. The maximum absolute atomic E-state index is 9.01. The summed E-state index contributed by atoms with van der Waals surface area (Å²) in [6.07, 6.45) is 4.60. The highest BCUT2D eigenvalue weighted by molar-refractivity contribution is 5.26. The number of aryl methyl sites for hydroxylation is 1. The van der Waals surface area contributed by atoms with Crippen molar-refractivity contribution in [3.63, 3.8) is 0 Å². The molecule has 0 aliphatic heterocycles. The quantitative estimate of drug-likeness (QED) is 0.758. The molecular weight excluding hydrogens is 210 g/mol. The SMILES string of the molecule is CCc1ccccc1CNCC1(CCO)CC1. The molecule has 1 fully saturated rings. The third kappa shape index (κ3) is 3.30. The lowest BCUT2D eigenvalue weighted by Crippen LogP contribution is -2.24. The molecule has 2 N–H and O–H groups in total. The molecule has 94 valence electrons. The first-order valence-electron chi connectivity index (χ1n) is 6.68. The van der Waals surface area contributed by atoms with E-state index in [9.17, 15) is 0 Å². The Balaban J connectivity index is 1.82. The second-order valence-corrected chi connectivity index (χ2v) is 5.20. The normalized spacial score (nSPS) is 17.1. The summed E-state index contributed by atoms with van der Waals surface area (Å²) in [5.41, 5.74) is 3.26. The molecule has 2 nitrogen and oxygen atoms in total. The summed E-state index contributed by atoms with van der Waals surface area (Å²) >= 11 is 0. The maximum atomic E-state index is 9.01. The van der Waals surface area contributed by atoms with Gasteiger partial charge in [0.25, 0.3) is 0 Å². The average Bonchev–Trinajstić information content (AvgIpc) is 3.10. The molecule has 0 aromatic heterocycles. The Hall–Kier alpha value is -0.860. The summed E-state index contributed by atoms with van der Waals surface area (Å²) in [5.74, 6) is 0. The van der Waals surface area contributed by atoms with Crippen molar-refractivity contribution >= 4 is 0 Å². The zero-order valence-electron chi connectivity index (χ0n) is 10.7. The minimum absolute atomic E-state index is 0.327. The first-order valence-corrected chi connectivity index (χ1v) is 6.68. The van der Waals surface area contributed by atoms with Crippen molar-refractivity contribution in [2.24, 2.45) is 5.41 Å². The van der Waals surface area contributed by atoms with E-state index in [-0.39, 0.29) is 0 Å². The van der Waals surface area contributed by atoms with Gasteiger partial charge in [0, 0.05) is 19.7 Å². The van der Waals surface area contributed by atoms with E-state index >= 15 is 0 Å². The Bertz CT molecular complexity index is 358. The number of aliphatic hydroxyl groups excluding tert-OH is 1. The van der Waals surface area contributed by atoms with Crippen LogP contribution < -0.4 is 5.32 Å². The number of benzene rings is 1. The Morgan fingerprint density at radius 2 is 1.94 bits per heavy atom. The highest BCUT2D eigenvalue weighted by Crippen LogP contribution is 2.47. The molecule has 1 aromatic rings. The molecule has 0 heterocycles.